The molecule has 71 heavy (non-hydrogen) atoms. The number of aliphatic carboxylic acids is 1. The summed E-state index contributed by atoms with van der Waals surface area (Å²) in [7, 11) is 0. The van der Waals surface area contributed by atoms with E-state index in [4.69, 9.17) is 28.7 Å². The summed E-state index contributed by atoms with van der Waals surface area (Å²) in [4.78, 5) is 126. The molecule has 0 bridgehead atoms. The van der Waals surface area contributed by atoms with Gasteiger partial charge in [-0.2, -0.15) is 37.9 Å². The molecule has 0 fully saturated rings. The molecular formula is C42H71N15O11S3. The van der Waals surface area contributed by atoms with Gasteiger partial charge in [0.25, 0.3) is 0 Å². The molecule has 398 valence electrons. The zero-order chi connectivity index (χ0) is 53.8. The fourth-order valence-electron chi connectivity index (χ4n) is 6.28. The molecule has 0 aliphatic carbocycles. The van der Waals surface area contributed by atoms with Crippen LogP contribution in [0.15, 0.2) is 40.3 Å². The van der Waals surface area contributed by atoms with E-state index in [1.165, 1.54) is 6.92 Å². The maximum atomic E-state index is 13.7. The second-order valence-electron chi connectivity index (χ2n) is 16.3. The van der Waals surface area contributed by atoms with Gasteiger partial charge in [0.2, 0.25) is 47.3 Å². The number of nitrogens with zero attached hydrogens (tertiary/aromatic N) is 2. The van der Waals surface area contributed by atoms with Crippen molar-refractivity contribution in [1.29, 1.82) is 0 Å². The molecule has 0 aromatic heterocycles. The highest BCUT2D eigenvalue weighted by Gasteiger charge is 2.35. The van der Waals surface area contributed by atoms with Crippen molar-refractivity contribution in [3.63, 3.8) is 0 Å². The topological polar surface area (TPSA) is 445 Å². The Kier molecular flexibility index (Phi) is 29.7. The van der Waals surface area contributed by atoms with Gasteiger partial charge in [-0.25, -0.2) is 4.79 Å². The normalized spacial score (nSPS) is 15.1. The number of carbonyl (C=O) groups excluding carboxylic acids is 8. The molecule has 0 heterocycles. The number of benzene rings is 1. The molecule has 1 rings (SSSR count). The summed E-state index contributed by atoms with van der Waals surface area (Å²) in [5.74, 6) is -9.85. The van der Waals surface area contributed by atoms with Crippen molar-refractivity contribution < 1.29 is 53.4 Å². The van der Waals surface area contributed by atoms with Crippen LogP contribution >= 0.6 is 37.9 Å². The average molecular weight is 1060 g/mol. The Bertz CT molecular complexity index is 2000. The summed E-state index contributed by atoms with van der Waals surface area (Å²) in [6.07, 6.45) is -0.698. The van der Waals surface area contributed by atoms with Crippen LogP contribution in [0.4, 0.5) is 0 Å². The number of aliphatic hydroxyl groups is 1. The monoisotopic (exact) mass is 1060 g/mol. The van der Waals surface area contributed by atoms with E-state index in [-0.39, 0.29) is 68.0 Å². The summed E-state index contributed by atoms with van der Waals surface area (Å²) in [6, 6.07) is -2.21. The van der Waals surface area contributed by atoms with E-state index in [2.05, 4.69) is 90.4 Å². The molecule has 0 unspecified atom stereocenters. The molecule has 29 heteroatoms. The number of nitrogens with two attached hydrogens (primary N) is 5. The predicted molar refractivity (Wildman–Crippen MR) is 275 cm³/mol. The molecule has 26 nitrogen and oxygen atoms in total. The Morgan fingerprint density at radius 1 is 0.592 bits per heavy atom. The van der Waals surface area contributed by atoms with Crippen LogP contribution in [0.1, 0.15) is 58.4 Å². The van der Waals surface area contributed by atoms with E-state index in [1.807, 2.05) is 0 Å². The molecule has 0 saturated carbocycles. The summed E-state index contributed by atoms with van der Waals surface area (Å²) >= 11 is 12.3. The fourth-order valence-corrected chi connectivity index (χ4v) is 7.04. The lowest BCUT2D eigenvalue weighted by Gasteiger charge is -2.29. The van der Waals surface area contributed by atoms with E-state index in [1.54, 1.807) is 44.2 Å². The molecule has 0 radical (unpaired) electrons. The van der Waals surface area contributed by atoms with Crippen LogP contribution in [0, 0.1) is 5.92 Å². The molecule has 8 amide bonds. The first-order valence-electron chi connectivity index (χ1n) is 22.5. The number of amides is 8. The number of guanidine groups is 2. The molecule has 1 aromatic carbocycles. The van der Waals surface area contributed by atoms with Crippen molar-refractivity contribution in [2.75, 3.05) is 36.9 Å². The van der Waals surface area contributed by atoms with E-state index >= 15 is 0 Å². The average Bonchev–Trinajstić information content (AvgIpc) is 3.32. The number of carboxylic acid groups (broad SMARTS) is 1. The van der Waals surface area contributed by atoms with Crippen LogP contribution in [0.3, 0.4) is 0 Å². The SMILES string of the molecule is CC[C@H](C)[C@H](NC(=O)[C@H](CS)NC(=O)[C@@H](N)CCCN=C(N)N)C(=O)N[C@@H](CS)C(=O)N[C@H](C(=O)N[C@@H](CCCN=C(N)N)C(=O)NCC(=O)N[C@@H](Cc1ccccc1)C(=O)N[C@@H](CS)C(=O)O)[C@@H](C)O. The van der Waals surface area contributed by atoms with Gasteiger partial charge >= 0.3 is 5.97 Å². The standard InChI is InChI=1S/C42H71N15O11S3/c1-4-21(2)31(56-36(63)27(18-69)53-33(60)24(43)12-8-14-48-41(44)45)38(65)54-28(19-70)37(64)57-32(22(3)58)39(66)52-25(13-9-15-49-42(46)47)34(61)50-17-30(59)51-26(16-23-10-6-5-7-11-23)35(62)55-29(20-71)40(67)68/h5-7,10-11,21-22,24-29,31-32,58,69-71H,4,8-9,12-20,43H2,1-3H3,(H,50,61)(H,51,59)(H,52,66)(H,53,60)(H,54,65)(H,55,62)(H,56,63)(H,57,64)(H,67,68)(H4,44,45,48)(H4,46,47,49)/t21-,22+,24-,25-,26-,27-,28-,29-,31-,32-/m0/s1. The second-order valence-corrected chi connectivity index (χ2v) is 17.4. The number of hydrogen-bond acceptors (Lipinski definition) is 16. The van der Waals surface area contributed by atoms with E-state index in [0.717, 1.165) is 0 Å². The number of thiol groups is 3. The summed E-state index contributed by atoms with van der Waals surface area (Å²) in [6.45, 7) is 4.13. The van der Waals surface area contributed by atoms with E-state index in [0.29, 0.717) is 18.4 Å². The Morgan fingerprint density at radius 3 is 1.55 bits per heavy atom. The fraction of sp³-hybridized carbons (Fsp3) is 0.595. The van der Waals surface area contributed by atoms with Gasteiger partial charge in [0.1, 0.15) is 42.3 Å². The summed E-state index contributed by atoms with van der Waals surface area (Å²) in [5.41, 5.74) is 28.1. The minimum atomic E-state index is -1.73. The first-order valence-corrected chi connectivity index (χ1v) is 24.4. The largest absolute Gasteiger partial charge is 0.480 e. The van der Waals surface area contributed by atoms with E-state index in [9.17, 15) is 53.4 Å². The van der Waals surface area contributed by atoms with E-state index < -0.39 is 120 Å². The van der Waals surface area contributed by atoms with Gasteiger partial charge < -0.3 is 81.4 Å². The lowest BCUT2D eigenvalue weighted by molar-refractivity contribution is -0.141. The van der Waals surface area contributed by atoms with Crippen molar-refractivity contribution >= 4 is 103 Å². The molecule has 0 aliphatic rings. The Balaban J connectivity index is 3.19. The van der Waals surface area contributed by atoms with Gasteiger partial charge in [-0.3, -0.25) is 48.3 Å². The van der Waals surface area contributed by atoms with Gasteiger partial charge in [0.15, 0.2) is 11.9 Å². The lowest BCUT2D eigenvalue weighted by Crippen LogP contribution is -2.62. The van der Waals surface area contributed by atoms with Crippen LogP contribution in [-0.2, 0) is 49.6 Å². The number of carbonyl (C=O) groups is 9. The highest BCUT2D eigenvalue weighted by Crippen LogP contribution is 2.11. The van der Waals surface area contributed by atoms with Crippen molar-refractivity contribution in [2.24, 2.45) is 44.6 Å². The molecule has 10 atom stereocenters. The van der Waals surface area contributed by atoms with Crippen LogP contribution < -0.4 is 71.2 Å². The van der Waals surface area contributed by atoms with Crippen molar-refractivity contribution in [1.82, 2.24) is 42.5 Å². The number of aliphatic imine (C=N–C) groups is 2. The molecular weight excluding hydrogens is 987 g/mol. The number of rotatable bonds is 33. The van der Waals surface area contributed by atoms with Gasteiger partial charge in [-0.05, 0) is 44.1 Å². The molecule has 0 aliphatic heterocycles. The zero-order valence-corrected chi connectivity index (χ0v) is 42.5. The van der Waals surface area contributed by atoms with Gasteiger partial charge in [0, 0.05) is 36.8 Å². The number of aliphatic hydroxyl groups excluding tert-OH is 1. The third kappa shape index (κ3) is 24.1. The quantitative estimate of drug-likeness (QED) is 0.0135. The van der Waals surface area contributed by atoms with Crippen LogP contribution in [0.2, 0.25) is 0 Å². The molecule has 1 aromatic rings. The van der Waals surface area contributed by atoms with Crippen molar-refractivity contribution in [3.8, 4) is 0 Å². The molecule has 0 saturated heterocycles. The Hall–Kier alpha value is -6.04. The number of nitrogens with one attached hydrogen (secondary N) is 8. The lowest BCUT2D eigenvalue weighted by atomic mass is 9.97. The van der Waals surface area contributed by atoms with Crippen LogP contribution in [0.5, 0.6) is 0 Å². The van der Waals surface area contributed by atoms with Gasteiger partial charge in [-0.1, -0.05) is 50.6 Å². The van der Waals surface area contributed by atoms with Crippen LogP contribution in [0.25, 0.3) is 0 Å². The maximum Gasteiger partial charge on any atom is 0.327 e. The van der Waals surface area contributed by atoms with Crippen molar-refractivity contribution in [3.05, 3.63) is 35.9 Å². The Labute approximate surface area is 428 Å². The van der Waals surface area contributed by atoms with Crippen LogP contribution in [-0.4, -0.2) is 167 Å². The Morgan fingerprint density at radius 2 is 1.06 bits per heavy atom. The highest BCUT2D eigenvalue weighted by molar-refractivity contribution is 7.80. The predicted octanol–water partition coefficient (Wildman–Crippen LogP) is -5.53. The first kappa shape index (κ1) is 63.0. The molecule has 0 spiro atoms. The number of hydrogen-bond donors (Lipinski definition) is 18. The first-order chi connectivity index (χ1) is 33.5. The van der Waals surface area contributed by atoms with Crippen molar-refractivity contribution in [2.45, 2.75) is 114 Å². The zero-order valence-electron chi connectivity index (χ0n) is 39.8. The third-order valence-corrected chi connectivity index (χ3v) is 11.6. The van der Waals surface area contributed by atoms with Gasteiger partial charge in [0.05, 0.1) is 18.7 Å². The smallest absolute Gasteiger partial charge is 0.327 e. The third-order valence-electron chi connectivity index (χ3n) is 10.5. The minimum Gasteiger partial charge on any atom is -0.480 e. The summed E-state index contributed by atoms with van der Waals surface area (Å²) < 4.78 is 0. The molecule has 20 N–H and O–H groups in total. The highest BCUT2D eigenvalue weighted by atomic mass is 32.1. The second kappa shape index (κ2) is 33.5. The maximum absolute atomic E-state index is 13.7. The van der Waals surface area contributed by atoms with Gasteiger partial charge in [-0.15, -0.1) is 0 Å². The summed E-state index contributed by atoms with van der Waals surface area (Å²) in [5, 5.41) is 39.7. The minimum absolute atomic E-state index is 0.0151. The number of carboxylic acids is 1.